The van der Waals surface area contributed by atoms with Crippen molar-refractivity contribution in [3.05, 3.63) is 89.0 Å². The van der Waals surface area contributed by atoms with E-state index in [1.165, 1.54) is 6.07 Å². The minimum Gasteiger partial charge on any atom is -0.358 e. The molecule has 2 aliphatic rings. The largest absolute Gasteiger partial charge is 0.358 e. The van der Waals surface area contributed by atoms with Gasteiger partial charge < -0.3 is 5.32 Å². The summed E-state index contributed by atoms with van der Waals surface area (Å²) in [5, 5.41) is 3.40. The summed E-state index contributed by atoms with van der Waals surface area (Å²) in [5.41, 5.74) is 5.05. The fourth-order valence-corrected chi connectivity index (χ4v) is 2.97. The summed E-state index contributed by atoms with van der Waals surface area (Å²) in [6.07, 6.45) is 10.0. The highest BCUT2D eigenvalue weighted by Crippen LogP contribution is 2.24. The first kappa shape index (κ1) is 15.5. The van der Waals surface area contributed by atoms with Crippen molar-refractivity contribution in [2.24, 2.45) is 4.99 Å². The van der Waals surface area contributed by atoms with Gasteiger partial charge in [-0.15, -0.1) is 0 Å². The van der Waals surface area contributed by atoms with Crippen LogP contribution in [0, 0.1) is 19.7 Å². The lowest BCUT2D eigenvalue weighted by Crippen LogP contribution is -2.38. The molecule has 4 rings (SSSR count). The number of benzene rings is 1. The van der Waals surface area contributed by atoms with Crippen molar-refractivity contribution >= 4 is 5.84 Å². The van der Waals surface area contributed by atoms with E-state index in [0.717, 1.165) is 33.9 Å². The van der Waals surface area contributed by atoms with E-state index >= 15 is 0 Å². The zero-order valence-corrected chi connectivity index (χ0v) is 14.1. The Hall–Kier alpha value is -3.01. The van der Waals surface area contributed by atoms with Crippen LogP contribution < -0.4 is 5.32 Å². The molecule has 1 N–H and O–H groups in total. The van der Waals surface area contributed by atoms with Gasteiger partial charge in [-0.2, -0.15) is 0 Å². The van der Waals surface area contributed by atoms with Crippen LogP contribution in [0.4, 0.5) is 4.39 Å². The average molecular weight is 331 g/mol. The van der Waals surface area contributed by atoms with Crippen LogP contribution in [0.25, 0.3) is 11.3 Å². The fourth-order valence-electron chi connectivity index (χ4n) is 2.97. The third-order valence-corrected chi connectivity index (χ3v) is 4.48. The topological polar surface area (TPSA) is 37.3 Å². The maximum Gasteiger partial charge on any atom is 0.152 e. The van der Waals surface area contributed by atoms with Crippen LogP contribution in [0.15, 0.2) is 71.4 Å². The third kappa shape index (κ3) is 2.91. The van der Waals surface area contributed by atoms with E-state index in [1.54, 1.807) is 13.0 Å². The van der Waals surface area contributed by atoms with E-state index in [2.05, 4.69) is 16.4 Å². The van der Waals surface area contributed by atoms with Crippen LogP contribution in [-0.2, 0) is 0 Å². The number of nitrogens with zero attached hydrogens (tertiary/aromatic N) is 2. The molecule has 0 bridgehead atoms. The fraction of sp³-hybridized carbons (Fsp3) is 0.143. The molecule has 124 valence electrons. The highest BCUT2D eigenvalue weighted by molar-refractivity contribution is 5.99. The Bertz CT molecular complexity index is 967. The molecule has 3 nitrogen and oxygen atoms in total. The van der Waals surface area contributed by atoms with Gasteiger partial charge in [0.15, 0.2) is 5.84 Å². The number of aryl methyl sites for hydroxylation is 2. The molecule has 0 saturated heterocycles. The van der Waals surface area contributed by atoms with Gasteiger partial charge in [-0.3, -0.25) is 0 Å². The Morgan fingerprint density at radius 1 is 1.04 bits per heavy atom. The maximum absolute atomic E-state index is 14.0. The molecule has 1 aromatic carbocycles. The molecule has 2 aromatic rings. The van der Waals surface area contributed by atoms with Gasteiger partial charge in [0.25, 0.3) is 0 Å². The molecular weight excluding hydrogens is 313 g/mol. The second-order valence-corrected chi connectivity index (χ2v) is 6.30. The van der Waals surface area contributed by atoms with Gasteiger partial charge >= 0.3 is 0 Å². The highest BCUT2D eigenvalue weighted by Gasteiger charge is 2.19. The molecule has 0 spiro atoms. The predicted octanol–water partition coefficient (Wildman–Crippen LogP) is 4.23. The van der Waals surface area contributed by atoms with E-state index in [-0.39, 0.29) is 11.9 Å². The van der Waals surface area contributed by atoms with Gasteiger partial charge in [-0.05, 0) is 42.7 Å². The smallest absolute Gasteiger partial charge is 0.152 e. The zero-order valence-electron chi connectivity index (χ0n) is 14.1. The van der Waals surface area contributed by atoms with Crippen molar-refractivity contribution in [2.75, 3.05) is 0 Å². The van der Waals surface area contributed by atoms with Gasteiger partial charge in [0.2, 0.25) is 0 Å². The molecule has 0 saturated carbocycles. The number of aliphatic imine (C=N–C) groups is 1. The van der Waals surface area contributed by atoms with Crippen LogP contribution in [0.2, 0.25) is 0 Å². The van der Waals surface area contributed by atoms with Crippen molar-refractivity contribution in [3.63, 3.8) is 0 Å². The Balaban J connectivity index is 1.74. The lowest BCUT2D eigenvalue weighted by atomic mass is 10.0. The molecule has 1 aliphatic heterocycles. The minimum absolute atomic E-state index is 0.112. The first-order valence-corrected chi connectivity index (χ1v) is 8.25. The standard InChI is InChI=1S/C21H18FN3/c1-13-7-9-15(11-17(13)22)20-14(2)8-10-19(24-20)21-23-12-16-5-3-4-6-18(16)25-21/h3-12,18H,1-2H3,(H,23,25). The zero-order chi connectivity index (χ0) is 17.4. The monoisotopic (exact) mass is 331 g/mol. The highest BCUT2D eigenvalue weighted by atomic mass is 19.1. The molecule has 0 amide bonds. The molecular formula is C21H18FN3. The number of aromatic nitrogens is 1. The maximum atomic E-state index is 14.0. The van der Waals surface area contributed by atoms with Crippen molar-refractivity contribution in [2.45, 2.75) is 19.9 Å². The van der Waals surface area contributed by atoms with Gasteiger partial charge in [0.05, 0.1) is 11.7 Å². The summed E-state index contributed by atoms with van der Waals surface area (Å²) >= 11 is 0. The van der Waals surface area contributed by atoms with Gasteiger partial charge in [-0.25, -0.2) is 14.4 Å². The van der Waals surface area contributed by atoms with Crippen LogP contribution >= 0.6 is 0 Å². The average Bonchev–Trinajstić information content (AvgIpc) is 2.64. The number of hydrogen-bond donors (Lipinski definition) is 1. The molecule has 2 heterocycles. The van der Waals surface area contributed by atoms with Gasteiger partial charge in [0.1, 0.15) is 11.5 Å². The number of hydrogen-bond acceptors (Lipinski definition) is 3. The molecule has 1 atom stereocenters. The Morgan fingerprint density at radius 2 is 1.88 bits per heavy atom. The van der Waals surface area contributed by atoms with E-state index in [0.29, 0.717) is 5.56 Å². The first-order valence-electron chi connectivity index (χ1n) is 8.25. The molecule has 0 radical (unpaired) electrons. The molecule has 1 unspecified atom stereocenters. The number of pyridine rings is 1. The second kappa shape index (κ2) is 6.13. The van der Waals surface area contributed by atoms with Crippen molar-refractivity contribution in [1.29, 1.82) is 0 Å². The lowest BCUT2D eigenvalue weighted by molar-refractivity contribution is 0.619. The van der Waals surface area contributed by atoms with Crippen LogP contribution in [0.3, 0.4) is 0 Å². The molecule has 4 heteroatoms. The third-order valence-electron chi connectivity index (χ3n) is 4.48. The lowest BCUT2D eigenvalue weighted by Gasteiger charge is -2.24. The second-order valence-electron chi connectivity index (χ2n) is 6.30. The van der Waals surface area contributed by atoms with Crippen molar-refractivity contribution < 1.29 is 4.39 Å². The Kier molecular flexibility index (Phi) is 3.80. The number of amidine groups is 1. The first-order chi connectivity index (χ1) is 12.1. The number of fused-ring (bicyclic) bond motifs is 1. The summed E-state index contributed by atoms with van der Waals surface area (Å²) in [5.74, 6) is 0.506. The summed E-state index contributed by atoms with van der Waals surface area (Å²) in [4.78, 5) is 9.25. The van der Waals surface area contributed by atoms with Gasteiger partial charge in [-0.1, -0.05) is 42.5 Å². The summed E-state index contributed by atoms with van der Waals surface area (Å²) in [6.45, 7) is 3.74. The quantitative estimate of drug-likeness (QED) is 0.894. The summed E-state index contributed by atoms with van der Waals surface area (Å²) in [6, 6.07) is 9.27. The molecule has 0 fully saturated rings. The molecule has 1 aliphatic carbocycles. The SMILES string of the molecule is Cc1ccc(-c2nc(C3=NC=C4C=CC=CC4N3)ccc2C)cc1F. The van der Waals surface area contributed by atoms with Gasteiger partial charge in [0, 0.05) is 11.8 Å². The number of rotatable bonds is 2. The number of nitrogens with one attached hydrogen (secondary N) is 1. The summed E-state index contributed by atoms with van der Waals surface area (Å²) in [7, 11) is 0. The van der Waals surface area contributed by atoms with Crippen LogP contribution in [0.1, 0.15) is 16.8 Å². The van der Waals surface area contributed by atoms with Crippen molar-refractivity contribution in [1.82, 2.24) is 10.3 Å². The number of allylic oxidation sites excluding steroid dienone is 2. The Labute approximate surface area is 146 Å². The Morgan fingerprint density at radius 3 is 2.72 bits per heavy atom. The molecule has 25 heavy (non-hydrogen) atoms. The van der Waals surface area contributed by atoms with Crippen molar-refractivity contribution in [3.8, 4) is 11.3 Å². The van der Waals surface area contributed by atoms with E-state index in [1.807, 2.05) is 49.6 Å². The van der Waals surface area contributed by atoms with E-state index in [4.69, 9.17) is 4.98 Å². The number of halogens is 1. The predicted molar refractivity (Wildman–Crippen MR) is 98.9 cm³/mol. The van der Waals surface area contributed by atoms with E-state index < -0.39 is 0 Å². The van der Waals surface area contributed by atoms with Crippen LogP contribution in [0.5, 0.6) is 0 Å². The molecule has 1 aromatic heterocycles. The minimum atomic E-state index is -0.219. The summed E-state index contributed by atoms with van der Waals surface area (Å²) < 4.78 is 14.0. The van der Waals surface area contributed by atoms with E-state index in [9.17, 15) is 4.39 Å². The normalized spacial score (nSPS) is 18.3. The van der Waals surface area contributed by atoms with Crippen LogP contribution in [-0.4, -0.2) is 16.9 Å².